The van der Waals surface area contributed by atoms with Gasteiger partial charge in [-0.15, -0.1) is 5.06 Å². The summed E-state index contributed by atoms with van der Waals surface area (Å²) in [5, 5.41) is 12.3. The molecule has 0 aliphatic carbocycles. The summed E-state index contributed by atoms with van der Waals surface area (Å²) in [5.41, 5.74) is 5.20. The van der Waals surface area contributed by atoms with E-state index in [4.69, 9.17) is 15.7 Å². The van der Waals surface area contributed by atoms with Crippen LogP contribution < -0.4 is 11.1 Å². The Morgan fingerprint density at radius 2 is 2.06 bits per heavy atom. The van der Waals surface area contributed by atoms with Crippen LogP contribution in [0.2, 0.25) is 0 Å². The summed E-state index contributed by atoms with van der Waals surface area (Å²) in [6, 6.07) is 0. The minimum absolute atomic E-state index is 0.0346. The third kappa shape index (κ3) is 3.55. The van der Waals surface area contributed by atoms with Gasteiger partial charge >= 0.3 is 12.2 Å². The molecule has 0 aromatic rings. The van der Waals surface area contributed by atoms with Gasteiger partial charge in [0.05, 0.1) is 6.54 Å². The molecule has 0 spiro atoms. The molecule has 1 fully saturated rings. The van der Waals surface area contributed by atoms with Crippen LogP contribution in [-0.2, 0) is 4.84 Å². The van der Waals surface area contributed by atoms with Crippen molar-refractivity contribution in [2.24, 2.45) is 5.73 Å². The number of nitrogens with zero attached hydrogens (tertiary/aromatic N) is 2. The molecule has 0 bridgehead atoms. The number of nitrogens with two attached hydrogens (primary N) is 1. The van der Waals surface area contributed by atoms with E-state index < -0.39 is 12.2 Å². The molecule has 8 heteroatoms. The molecule has 0 saturated carbocycles. The second-order valence-corrected chi connectivity index (χ2v) is 3.27. The predicted octanol–water partition coefficient (Wildman–Crippen LogP) is -1.12. The van der Waals surface area contributed by atoms with E-state index in [9.17, 15) is 9.59 Å². The highest BCUT2D eigenvalue weighted by atomic mass is 16.7. The van der Waals surface area contributed by atoms with Gasteiger partial charge in [0, 0.05) is 32.7 Å². The molecule has 0 atom stereocenters. The third-order valence-corrected chi connectivity index (χ3v) is 2.11. The number of carbonyl (C=O) groups is 2. The third-order valence-electron chi connectivity index (χ3n) is 2.11. The summed E-state index contributed by atoms with van der Waals surface area (Å²) < 4.78 is 0. The number of hydroxylamine groups is 2. The molecule has 92 valence electrons. The number of rotatable bonds is 2. The smallest absolute Gasteiger partial charge is 0.440 e. The molecule has 1 aliphatic heterocycles. The number of nitrogens with one attached hydrogen (secondary N) is 1. The monoisotopic (exact) mass is 232 g/mol. The summed E-state index contributed by atoms with van der Waals surface area (Å²) in [4.78, 5) is 28.3. The standard InChI is InChI=1S/C8H16N4O4/c9-1-4-12(7(13)14)16-8(15)11-5-2-10-3-6-11/h10H,1-6,9H2,(H,13,14). The second-order valence-electron chi connectivity index (χ2n) is 3.27. The van der Waals surface area contributed by atoms with Crippen LogP contribution in [0.1, 0.15) is 0 Å². The van der Waals surface area contributed by atoms with Crippen LogP contribution in [0.3, 0.4) is 0 Å². The Bertz CT molecular complexity index is 254. The number of carbonyl (C=O) groups excluding carboxylic acids is 1. The maximum Gasteiger partial charge on any atom is 0.440 e. The quantitative estimate of drug-likeness (QED) is 0.520. The van der Waals surface area contributed by atoms with Crippen LogP contribution in [0.25, 0.3) is 0 Å². The number of hydrogen-bond acceptors (Lipinski definition) is 5. The highest BCUT2D eigenvalue weighted by Crippen LogP contribution is 2.00. The fourth-order valence-electron chi connectivity index (χ4n) is 1.30. The Morgan fingerprint density at radius 3 is 2.56 bits per heavy atom. The summed E-state index contributed by atoms with van der Waals surface area (Å²) in [5.74, 6) is 0. The lowest BCUT2D eigenvalue weighted by Gasteiger charge is -2.28. The molecule has 0 aromatic heterocycles. The van der Waals surface area contributed by atoms with Gasteiger partial charge in [0.15, 0.2) is 0 Å². The summed E-state index contributed by atoms with van der Waals surface area (Å²) in [6.45, 7) is 2.44. The van der Waals surface area contributed by atoms with Crippen LogP contribution in [0.4, 0.5) is 9.59 Å². The topological polar surface area (TPSA) is 108 Å². The molecule has 0 aromatic carbocycles. The minimum atomic E-state index is -1.33. The molecule has 0 radical (unpaired) electrons. The van der Waals surface area contributed by atoms with Gasteiger partial charge in [-0.05, 0) is 0 Å². The van der Waals surface area contributed by atoms with Gasteiger partial charge in [-0.2, -0.15) is 0 Å². The first kappa shape index (κ1) is 12.5. The predicted molar refractivity (Wildman–Crippen MR) is 54.7 cm³/mol. The molecule has 8 nitrogen and oxygen atoms in total. The van der Waals surface area contributed by atoms with Crippen molar-refractivity contribution in [2.75, 3.05) is 39.3 Å². The Labute approximate surface area is 92.9 Å². The van der Waals surface area contributed by atoms with Gasteiger partial charge < -0.3 is 25.9 Å². The van der Waals surface area contributed by atoms with Gasteiger partial charge in [0.2, 0.25) is 0 Å². The van der Waals surface area contributed by atoms with E-state index in [1.54, 1.807) is 0 Å². The molecular formula is C8H16N4O4. The highest BCUT2D eigenvalue weighted by molar-refractivity contribution is 5.71. The van der Waals surface area contributed by atoms with Gasteiger partial charge in [-0.3, -0.25) is 0 Å². The summed E-state index contributed by atoms with van der Waals surface area (Å²) >= 11 is 0. The van der Waals surface area contributed by atoms with Crippen molar-refractivity contribution in [3.05, 3.63) is 0 Å². The second kappa shape index (κ2) is 6.13. The number of hydrogen-bond donors (Lipinski definition) is 3. The van der Waals surface area contributed by atoms with E-state index in [1.807, 2.05) is 0 Å². The molecule has 1 rings (SSSR count). The molecule has 0 unspecified atom stereocenters. The van der Waals surface area contributed by atoms with Crippen LogP contribution in [0.15, 0.2) is 0 Å². The normalized spacial score (nSPS) is 15.7. The summed E-state index contributed by atoms with van der Waals surface area (Å²) in [7, 11) is 0. The first-order valence-corrected chi connectivity index (χ1v) is 5.03. The lowest BCUT2D eigenvalue weighted by molar-refractivity contribution is -0.0868. The zero-order valence-corrected chi connectivity index (χ0v) is 8.89. The first-order chi connectivity index (χ1) is 7.65. The zero-order valence-electron chi connectivity index (χ0n) is 8.89. The molecule has 1 aliphatic rings. The average Bonchev–Trinajstić information content (AvgIpc) is 2.29. The maximum atomic E-state index is 11.5. The van der Waals surface area contributed by atoms with E-state index in [1.165, 1.54) is 4.90 Å². The van der Waals surface area contributed by atoms with Crippen molar-refractivity contribution in [1.82, 2.24) is 15.3 Å². The first-order valence-electron chi connectivity index (χ1n) is 5.03. The fraction of sp³-hybridized carbons (Fsp3) is 0.750. The Hall–Kier alpha value is -1.54. The Morgan fingerprint density at radius 1 is 1.44 bits per heavy atom. The van der Waals surface area contributed by atoms with Gasteiger partial charge in [0.1, 0.15) is 0 Å². The zero-order chi connectivity index (χ0) is 12.0. The van der Waals surface area contributed by atoms with E-state index >= 15 is 0 Å². The molecular weight excluding hydrogens is 216 g/mol. The molecule has 16 heavy (non-hydrogen) atoms. The lowest BCUT2D eigenvalue weighted by atomic mass is 10.4. The molecule has 1 heterocycles. The van der Waals surface area contributed by atoms with Crippen molar-refractivity contribution in [3.8, 4) is 0 Å². The average molecular weight is 232 g/mol. The highest BCUT2D eigenvalue weighted by Gasteiger charge is 2.23. The minimum Gasteiger partial charge on any atom is -0.463 e. The van der Waals surface area contributed by atoms with Crippen molar-refractivity contribution in [3.63, 3.8) is 0 Å². The number of carboxylic acid groups (broad SMARTS) is 1. The largest absolute Gasteiger partial charge is 0.463 e. The Kier molecular flexibility index (Phi) is 4.80. The number of amides is 2. The Balaban J connectivity index is 2.43. The van der Waals surface area contributed by atoms with E-state index in [2.05, 4.69) is 5.32 Å². The van der Waals surface area contributed by atoms with Gasteiger partial charge in [-0.25, -0.2) is 9.59 Å². The number of piperazine rings is 1. The fourth-order valence-corrected chi connectivity index (χ4v) is 1.30. The van der Waals surface area contributed by atoms with Crippen molar-refractivity contribution in [1.29, 1.82) is 0 Å². The van der Waals surface area contributed by atoms with Crippen LogP contribution in [0.5, 0.6) is 0 Å². The molecule has 2 amide bonds. The van der Waals surface area contributed by atoms with Crippen LogP contribution in [-0.4, -0.2) is 66.5 Å². The lowest BCUT2D eigenvalue weighted by Crippen LogP contribution is -2.49. The summed E-state index contributed by atoms with van der Waals surface area (Å²) in [6.07, 6.45) is -1.98. The van der Waals surface area contributed by atoms with E-state index in [0.29, 0.717) is 31.2 Å². The maximum absolute atomic E-state index is 11.5. The molecule has 1 saturated heterocycles. The van der Waals surface area contributed by atoms with Gasteiger partial charge in [-0.1, -0.05) is 0 Å². The SMILES string of the molecule is NCCN(OC(=O)N1CCNCC1)C(=O)O. The van der Waals surface area contributed by atoms with Crippen LogP contribution in [0, 0.1) is 0 Å². The van der Waals surface area contributed by atoms with E-state index in [0.717, 1.165) is 0 Å². The van der Waals surface area contributed by atoms with Gasteiger partial charge in [0.25, 0.3) is 0 Å². The van der Waals surface area contributed by atoms with Crippen LogP contribution >= 0.6 is 0 Å². The van der Waals surface area contributed by atoms with Crippen molar-refractivity contribution < 1.29 is 19.5 Å². The van der Waals surface area contributed by atoms with Crippen molar-refractivity contribution in [2.45, 2.75) is 0 Å². The van der Waals surface area contributed by atoms with E-state index in [-0.39, 0.29) is 13.1 Å². The molecule has 4 N–H and O–H groups in total. The van der Waals surface area contributed by atoms with Crippen molar-refractivity contribution >= 4 is 12.2 Å².